The summed E-state index contributed by atoms with van der Waals surface area (Å²) < 4.78 is 5.15. The zero-order valence-electron chi connectivity index (χ0n) is 12.7. The summed E-state index contributed by atoms with van der Waals surface area (Å²) in [5, 5.41) is 9.83. The number of ether oxygens (including phenoxy) is 1. The average Bonchev–Trinajstić information content (AvgIpc) is 2.86. The Morgan fingerprint density at radius 1 is 1.48 bits per heavy atom. The molecule has 1 aliphatic heterocycles. The normalized spacial score (nSPS) is 14.2. The molecule has 0 saturated heterocycles. The summed E-state index contributed by atoms with van der Waals surface area (Å²) in [6.45, 7) is 7.26. The first-order valence-electron chi connectivity index (χ1n) is 7.25. The lowest BCUT2D eigenvalue weighted by molar-refractivity contribution is -0.136. The fourth-order valence-corrected chi connectivity index (χ4v) is 2.31. The molecule has 0 atom stereocenters. The summed E-state index contributed by atoms with van der Waals surface area (Å²) in [5.41, 5.74) is 2.13. The fraction of sp³-hybridized carbons (Fsp3) is 0.643. The molecule has 0 bridgehead atoms. The molecule has 1 aromatic heterocycles. The molecule has 0 spiro atoms. The van der Waals surface area contributed by atoms with E-state index in [0.717, 1.165) is 11.3 Å². The van der Waals surface area contributed by atoms with Crippen molar-refractivity contribution in [3.63, 3.8) is 0 Å². The van der Waals surface area contributed by atoms with Gasteiger partial charge in [0.25, 0.3) is 5.91 Å². The van der Waals surface area contributed by atoms with E-state index in [9.17, 15) is 9.59 Å². The minimum atomic E-state index is -0.207. The van der Waals surface area contributed by atoms with Crippen molar-refractivity contribution in [1.82, 2.24) is 20.4 Å². The van der Waals surface area contributed by atoms with Gasteiger partial charge in [-0.25, -0.2) is 0 Å². The van der Waals surface area contributed by atoms with E-state index in [4.69, 9.17) is 4.74 Å². The zero-order chi connectivity index (χ0) is 15.4. The van der Waals surface area contributed by atoms with E-state index in [2.05, 4.69) is 15.5 Å². The zero-order valence-corrected chi connectivity index (χ0v) is 12.7. The lowest BCUT2D eigenvalue weighted by Crippen LogP contribution is -2.39. The van der Waals surface area contributed by atoms with Crippen molar-refractivity contribution in [3.8, 4) is 0 Å². The Bertz CT molecular complexity index is 524. The molecular formula is C14H22N4O3. The molecule has 21 heavy (non-hydrogen) atoms. The highest BCUT2D eigenvalue weighted by Crippen LogP contribution is 2.20. The van der Waals surface area contributed by atoms with Crippen LogP contribution in [0.3, 0.4) is 0 Å². The van der Waals surface area contributed by atoms with Crippen LogP contribution >= 0.6 is 0 Å². The van der Waals surface area contributed by atoms with Crippen LogP contribution in [0.15, 0.2) is 0 Å². The van der Waals surface area contributed by atoms with Gasteiger partial charge >= 0.3 is 0 Å². The molecule has 0 radical (unpaired) electrons. The Hall–Kier alpha value is -1.89. The third-order valence-electron chi connectivity index (χ3n) is 3.35. The highest BCUT2D eigenvalue weighted by Gasteiger charge is 2.27. The first kappa shape index (κ1) is 15.5. The number of carbonyl (C=O) groups excluding carboxylic acids is 2. The molecule has 0 unspecified atom stereocenters. The molecule has 0 aromatic carbocycles. The Kier molecular flexibility index (Phi) is 4.95. The number of amides is 2. The minimum Gasteiger partial charge on any atom is -0.372 e. The van der Waals surface area contributed by atoms with Crippen molar-refractivity contribution in [3.05, 3.63) is 17.0 Å². The summed E-state index contributed by atoms with van der Waals surface area (Å²) in [6, 6.07) is 0.0455. The van der Waals surface area contributed by atoms with Crippen LogP contribution in [0.1, 0.15) is 42.5 Å². The predicted molar refractivity (Wildman–Crippen MR) is 76.8 cm³/mol. The number of H-pyrrole nitrogens is 1. The number of aromatic amines is 1. The number of hydrogen-bond acceptors (Lipinski definition) is 4. The Labute approximate surface area is 124 Å². The smallest absolute Gasteiger partial charge is 0.272 e. The third-order valence-corrected chi connectivity index (χ3v) is 3.35. The maximum atomic E-state index is 12.1. The first-order valence-corrected chi connectivity index (χ1v) is 7.25. The van der Waals surface area contributed by atoms with Gasteiger partial charge in [0.15, 0.2) is 5.69 Å². The van der Waals surface area contributed by atoms with Crippen molar-refractivity contribution in [2.75, 3.05) is 19.8 Å². The van der Waals surface area contributed by atoms with Crippen molar-refractivity contribution >= 4 is 11.8 Å². The van der Waals surface area contributed by atoms with Crippen LogP contribution in [0.2, 0.25) is 0 Å². The Morgan fingerprint density at radius 2 is 2.24 bits per heavy atom. The van der Waals surface area contributed by atoms with Crippen molar-refractivity contribution in [2.24, 2.45) is 0 Å². The number of nitrogens with zero attached hydrogens (tertiary/aromatic N) is 2. The van der Waals surface area contributed by atoms with Crippen LogP contribution in [0.5, 0.6) is 0 Å². The number of aromatic nitrogens is 2. The highest BCUT2D eigenvalue weighted by atomic mass is 16.5. The third kappa shape index (κ3) is 3.60. The number of carbonyl (C=O) groups is 2. The number of fused-ring (bicyclic) bond motifs is 1. The molecular weight excluding hydrogens is 272 g/mol. The molecule has 0 fully saturated rings. The molecule has 0 saturated carbocycles. The lowest BCUT2D eigenvalue weighted by atomic mass is 10.0. The number of rotatable bonds is 5. The van der Waals surface area contributed by atoms with Crippen LogP contribution in [-0.2, 0) is 22.5 Å². The summed E-state index contributed by atoms with van der Waals surface area (Å²) >= 11 is 0. The van der Waals surface area contributed by atoms with Gasteiger partial charge in [-0.05, 0) is 20.8 Å². The molecule has 0 aliphatic carbocycles. The van der Waals surface area contributed by atoms with Crippen LogP contribution in [0, 0.1) is 0 Å². The van der Waals surface area contributed by atoms with Crippen molar-refractivity contribution in [1.29, 1.82) is 0 Å². The Morgan fingerprint density at radius 3 is 2.90 bits per heavy atom. The average molecular weight is 294 g/mol. The topological polar surface area (TPSA) is 87.3 Å². The van der Waals surface area contributed by atoms with Gasteiger partial charge in [-0.3, -0.25) is 14.7 Å². The summed E-state index contributed by atoms with van der Waals surface area (Å²) in [4.78, 5) is 25.8. The van der Waals surface area contributed by atoms with Crippen LogP contribution in [-0.4, -0.2) is 52.7 Å². The van der Waals surface area contributed by atoms with Gasteiger partial charge < -0.3 is 15.0 Å². The van der Waals surface area contributed by atoms with Crippen LogP contribution in [0.25, 0.3) is 0 Å². The van der Waals surface area contributed by atoms with E-state index >= 15 is 0 Å². The number of hydrogen-bond donors (Lipinski definition) is 2. The van der Waals surface area contributed by atoms with Gasteiger partial charge in [0.1, 0.15) is 6.61 Å². The SMILES string of the molecule is CCOCC(=O)N1CCc2[nH]nc(C(=O)NC(C)C)c2C1. The molecule has 2 amide bonds. The van der Waals surface area contributed by atoms with Gasteiger partial charge in [0.2, 0.25) is 5.91 Å². The summed E-state index contributed by atoms with van der Waals surface area (Å²) in [5.74, 6) is -0.263. The minimum absolute atomic E-state index is 0.0455. The molecule has 116 valence electrons. The molecule has 1 aliphatic rings. The first-order chi connectivity index (χ1) is 10.0. The predicted octanol–water partition coefficient (Wildman–Crippen LogP) is 0.469. The highest BCUT2D eigenvalue weighted by molar-refractivity contribution is 5.94. The number of nitrogens with one attached hydrogen (secondary N) is 2. The van der Waals surface area contributed by atoms with Gasteiger partial charge in [0, 0.05) is 43.4 Å². The maximum absolute atomic E-state index is 12.1. The largest absolute Gasteiger partial charge is 0.372 e. The van der Waals surface area contributed by atoms with Gasteiger partial charge in [-0.2, -0.15) is 5.10 Å². The Balaban J connectivity index is 2.10. The molecule has 2 N–H and O–H groups in total. The van der Waals surface area contributed by atoms with Gasteiger partial charge in [-0.1, -0.05) is 0 Å². The van der Waals surface area contributed by atoms with Gasteiger partial charge in [-0.15, -0.1) is 0 Å². The fourth-order valence-electron chi connectivity index (χ4n) is 2.31. The van der Waals surface area contributed by atoms with E-state index < -0.39 is 0 Å². The molecule has 7 nitrogen and oxygen atoms in total. The maximum Gasteiger partial charge on any atom is 0.272 e. The second kappa shape index (κ2) is 6.71. The van der Waals surface area contributed by atoms with Crippen molar-refractivity contribution < 1.29 is 14.3 Å². The lowest BCUT2D eigenvalue weighted by Gasteiger charge is -2.27. The van der Waals surface area contributed by atoms with Crippen LogP contribution in [0.4, 0.5) is 0 Å². The quantitative estimate of drug-likeness (QED) is 0.826. The van der Waals surface area contributed by atoms with Crippen LogP contribution < -0.4 is 5.32 Å². The molecule has 2 rings (SSSR count). The second-order valence-corrected chi connectivity index (χ2v) is 5.36. The van der Waals surface area contributed by atoms with E-state index in [1.165, 1.54) is 0 Å². The molecule has 2 heterocycles. The van der Waals surface area contributed by atoms with E-state index in [-0.39, 0.29) is 24.5 Å². The van der Waals surface area contributed by atoms with E-state index in [1.54, 1.807) is 4.90 Å². The molecule has 1 aromatic rings. The standard InChI is InChI=1S/C14H22N4O3/c1-4-21-8-12(19)18-6-5-11-10(7-18)13(17-16-11)14(20)15-9(2)3/h9H,4-8H2,1-3H3,(H,15,20)(H,16,17). The summed E-state index contributed by atoms with van der Waals surface area (Å²) in [7, 11) is 0. The second-order valence-electron chi connectivity index (χ2n) is 5.36. The van der Waals surface area contributed by atoms with Gasteiger partial charge in [0.05, 0.1) is 0 Å². The molecule has 7 heteroatoms. The monoisotopic (exact) mass is 294 g/mol. The van der Waals surface area contributed by atoms with E-state index in [0.29, 0.717) is 31.8 Å². The van der Waals surface area contributed by atoms with Crippen molar-refractivity contribution in [2.45, 2.75) is 39.8 Å². The van der Waals surface area contributed by atoms with E-state index in [1.807, 2.05) is 20.8 Å². The summed E-state index contributed by atoms with van der Waals surface area (Å²) in [6.07, 6.45) is 0.676.